The van der Waals surface area contributed by atoms with E-state index in [9.17, 15) is 0 Å². The first-order chi connectivity index (χ1) is 15.7. The predicted octanol–water partition coefficient (Wildman–Crippen LogP) is 5.18. The molecule has 0 atom stereocenters. The molecule has 1 fully saturated rings. The molecule has 32 heavy (non-hydrogen) atoms. The van der Waals surface area contributed by atoms with Crippen molar-refractivity contribution in [2.75, 3.05) is 13.1 Å². The van der Waals surface area contributed by atoms with Gasteiger partial charge in [-0.1, -0.05) is 59.8 Å². The number of hydrogen-bond acceptors (Lipinski definition) is 6. The van der Waals surface area contributed by atoms with E-state index in [-0.39, 0.29) is 0 Å². The van der Waals surface area contributed by atoms with Crippen LogP contribution in [0.2, 0.25) is 0 Å². The summed E-state index contributed by atoms with van der Waals surface area (Å²) in [6.45, 7) is 5.97. The highest BCUT2D eigenvalue weighted by Crippen LogP contribution is 2.26. The lowest BCUT2D eigenvalue weighted by molar-refractivity contribution is 0.316. The van der Waals surface area contributed by atoms with Gasteiger partial charge >= 0.3 is 0 Å². The van der Waals surface area contributed by atoms with Crippen LogP contribution < -0.4 is 0 Å². The lowest BCUT2D eigenvalue weighted by Crippen LogP contribution is -2.21. The molecular formula is C25H27N5OS. The van der Waals surface area contributed by atoms with Gasteiger partial charge in [-0.3, -0.25) is 4.90 Å². The maximum absolute atomic E-state index is 5.72. The van der Waals surface area contributed by atoms with E-state index in [4.69, 9.17) is 4.42 Å². The lowest BCUT2D eigenvalue weighted by atomic mass is 10.1. The monoisotopic (exact) mass is 445 g/mol. The number of thioether (sulfide) groups is 1. The van der Waals surface area contributed by atoms with Gasteiger partial charge in [-0.2, -0.15) is 0 Å². The molecular weight excluding hydrogens is 418 g/mol. The summed E-state index contributed by atoms with van der Waals surface area (Å²) in [5.74, 6) is 2.37. The van der Waals surface area contributed by atoms with E-state index in [0.29, 0.717) is 11.6 Å². The SMILES string of the molecule is Cc1ccc(-c2nc(CSc3nnc(CN4CCCC4)n3Cc3ccccc3)co2)cc1. The van der Waals surface area contributed by atoms with Crippen LogP contribution in [-0.2, 0) is 18.8 Å². The van der Waals surface area contributed by atoms with Gasteiger partial charge in [0.25, 0.3) is 0 Å². The topological polar surface area (TPSA) is 60.0 Å². The first-order valence-electron chi connectivity index (χ1n) is 11.1. The van der Waals surface area contributed by atoms with Gasteiger partial charge < -0.3 is 8.98 Å². The fourth-order valence-electron chi connectivity index (χ4n) is 3.95. The van der Waals surface area contributed by atoms with Gasteiger partial charge in [-0.15, -0.1) is 10.2 Å². The summed E-state index contributed by atoms with van der Waals surface area (Å²) in [4.78, 5) is 7.14. The van der Waals surface area contributed by atoms with E-state index in [2.05, 4.69) is 68.0 Å². The van der Waals surface area contributed by atoms with Gasteiger partial charge in [0.1, 0.15) is 12.1 Å². The molecule has 0 N–H and O–H groups in total. The summed E-state index contributed by atoms with van der Waals surface area (Å²) in [5, 5.41) is 10.0. The molecule has 4 aromatic rings. The molecule has 2 aromatic heterocycles. The highest BCUT2D eigenvalue weighted by atomic mass is 32.2. The van der Waals surface area contributed by atoms with Crippen molar-refractivity contribution < 1.29 is 4.42 Å². The van der Waals surface area contributed by atoms with Crippen molar-refractivity contribution in [2.45, 2.75) is 43.8 Å². The molecule has 1 aliphatic rings. The normalized spacial score (nSPS) is 14.3. The van der Waals surface area contributed by atoms with Crippen molar-refractivity contribution in [1.29, 1.82) is 0 Å². The number of rotatable bonds is 8. The number of likely N-dealkylation sites (tertiary alicyclic amines) is 1. The fourth-order valence-corrected chi connectivity index (χ4v) is 4.78. The summed E-state index contributed by atoms with van der Waals surface area (Å²) < 4.78 is 7.97. The number of aromatic nitrogens is 4. The number of hydrogen-bond donors (Lipinski definition) is 0. The lowest BCUT2D eigenvalue weighted by Gasteiger charge is -2.16. The second-order valence-corrected chi connectivity index (χ2v) is 9.19. The number of aryl methyl sites for hydroxylation is 1. The molecule has 2 aromatic carbocycles. The summed E-state index contributed by atoms with van der Waals surface area (Å²) in [6, 6.07) is 18.7. The van der Waals surface area contributed by atoms with Gasteiger partial charge in [0.15, 0.2) is 5.16 Å². The maximum Gasteiger partial charge on any atom is 0.226 e. The second-order valence-electron chi connectivity index (χ2n) is 8.25. The number of nitrogens with zero attached hydrogens (tertiary/aromatic N) is 5. The molecule has 1 saturated heterocycles. The fraction of sp³-hybridized carbons (Fsp3) is 0.320. The molecule has 0 radical (unpaired) electrons. The Bertz CT molecular complexity index is 1150. The maximum atomic E-state index is 5.72. The number of benzene rings is 2. The third-order valence-corrected chi connectivity index (χ3v) is 6.74. The average molecular weight is 446 g/mol. The van der Waals surface area contributed by atoms with Gasteiger partial charge in [0.05, 0.1) is 18.8 Å². The van der Waals surface area contributed by atoms with Crippen LogP contribution in [0.25, 0.3) is 11.5 Å². The van der Waals surface area contributed by atoms with Crippen LogP contribution in [0.3, 0.4) is 0 Å². The van der Waals surface area contributed by atoms with Crippen molar-refractivity contribution in [2.24, 2.45) is 0 Å². The van der Waals surface area contributed by atoms with Gasteiger partial charge in [0, 0.05) is 11.3 Å². The zero-order valence-corrected chi connectivity index (χ0v) is 19.1. The second kappa shape index (κ2) is 9.71. The van der Waals surface area contributed by atoms with E-state index >= 15 is 0 Å². The van der Waals surface area contributed by atoms with E-state index in [1.54, 1.807) is 18.0 Å². The van der Waals surface area contributed by atoms with E-state index in [1.165, 1.54) is 24.0 Å². The van der Waals surface area contributed by atoms with Crippen molar-refractivity contribution in [3.05, 3.63) is 83.5 Å². The highest BCUT2D eigenvalue weighted by molar-refractivity contribution is 7.98. The molecule has 7 heteroatoms. The van der Waals surface area contributed by atoms with Gasteiger partial charge in [-0.05, 0) is 50.6 Å². The van der Waals surface area contributed by atoms with E-state index in [0.717, 1.165) is 48.4 Å². The Hall–Kier alpha value is -2.90. The predicted molar refractivity (Wildman–Crippen MR) is 126 cm³/mol. The highest BCUT2D eigenvalue weighted by Gasteiger charge is 2.19. The molecule has 0 unspecified atom stereocenters. The molecule has 164 valence electrons. The molecule has 1 aliphatic heterocycles. The smallest absolute Gasteiger partial charge is 0.226 e. The average Bonchev–Trinajstić information content (AvgIpc) is 3.57. The van der Waals surface area contributed by atoms with Crippen molar-refractivity contribution in [3.63, 3.8) is 0 Å². The zero-order chi connectivity index (χ0) is 21.8. The van der Waals surface area contributed by atoms with Crippen LogP contribution in [0.1, 0.15) is 35.5 Å². The summed E-state index contributed by atoms with van der Waals surface area (Å²) in [5.41, 5.74) is 4.37. The third kappa shape index (κ3) is 4.95. The summed E-state index contributed by atoms with van der Waals surface area (Å²) >= 11 is 1.66. The minimum absolute atomic E-state index is 0.654. The molecule has 3 heterocycles. The van der Waals surface area contributed by atoms with E-state index in [1.807, 2.05) is 18.2 Å². The molecule has 0 saturated carbocycles. The Balaban J connectivity index is 1.32. The molecule has 0 amide bonds. The Morgan fingerprint density at radius 2 is 1.72 bits per heavy atom. The molecule has 5 rings (SSSR count). The Morgan fingerprint density at radius 3 is 2.50 bits per heavy atom. The van der Waals surface area contributed by atoms with Gasteiger partial charge in [-0.25, -0.2) is 4.98 Å². The third-order valence-electron chi connectivity index (χ3n) is 5.74. The van der Waals surface area contributed by atoms with Crippen LogP contribution in [0.5, 0.6) is 0 Å². The first-order valence-corrected chi connectivity index (χ1v) is 12.1. The van der Waals surface area contributed by atoms with Crippen LogP contribution in [0.4, 0.5) is 0 Å². The van der Waals surface area contributed by atoms with Crippen LogP contribution in [0, 0.1) is 6.92 Å². The largest absolute Gasteiger partial charge is 0.444 e. The first kappa shape index (κ1) is 21.0. The summed E-state index contributed by atoms with van der Waals surface area (Å²) in [7, 11) is 0. The minimum Gasteiger partial charge on any atom is -0.444 e. The van der Waals surface area contributed by atoms with E-state index < -0.39 is 0 Å². The van der Waals surface area contributed by atoms with Gasteiger partial charge in [0.2, 0.25) is 5.89 Å². The number of oxazole rings is 1. The van der Waals surface area contributed by atoms with Crippen molar-refractivity contribution in [3.8, 4) is 11.5 Å². The minimum atomic E-state index is 0.654. The van der Waals surface area contributed by atoms with Crippen molar-refractivity contribution in [1.82, 2.24) is 24.6 Å². The molecule has 6 nitrogen and oxygen atoms in total. The molecule has 0 spiro atoms. The Labute approximate surface area is 192 Å². The van der Waals surface area contributed by atoms with Crippen LogP contribution >= 0.6 is 11.8 Å². The summed E-state index contributed by atoms with van der Waals surface area (Å²) in [6.07, 6.45) is 4.28. The Kier molecular flexibility index (Phi) is 6.36. The van der Waals surface area contributed by atoms with Crippen LogP contribution in [0.15, 0.2) is 70.4 Å². The standard InChI is InChI=1S/C25H27N5OS/c1-19-9-11-21(12-10-19)24-26-22(17-31-24)18-32-25-28-27-23(16-29-13-5-6-14-29)30(25)15-20-7-3-2-4-8-20/h2-4,7-12,17H,5-6,13-16,18H2,1H3. The Morgan fingerprint density at radius 1 is 0.938 bits per heavy atom. The quantitative estimate of drug-likeness (QED) is 0.348. The zero-order valence-electron chi connectivity index (χ0n) is 18.3. The van der Waals surface area contributed by atoms with Crippen LogP contribution in [-0.4, -0.2) is 37.7 Å². The molecule has 0 aliphatic carbocycles. The van der Waals surface area contributed by atoms with Crippen molar-refractivity contribution >= 4 is 11.8 Å². The molecule has 0 bridgehead atoms.